The summed E-state index contributed by atoms with van der Waals surface area (Å²) in [6.45, 7) is 2.20. The SMILES string of the molecule is CN(C)C(=O)Nc1ccc(CNC(=O)c2ccc3n2CCN(Cc2ncc(Br)cc2F)C32CCC2)cc1. The molecule has 37 heavy (non-hydrogen) atoms. The van der Waals surface area contributed by atoms with Crippen molar-refractivity contribution in [1.29, 1.82) is 0 Å². The summed E-state index contributed by atoms with van der Waals surface area (Å²) >= 11 is 3.28. The number of carbonyl (C=O) groups is 2. The molecule has 2 aromatic heterocycles. The molecule has 0 radical (unpaired) electrons. The Labute approximate surface area is 224 Å². The molecule has 1 aliphatic carbocycles. The fraction of sp³-hybridized carbons (Fsp3) is 0.370. The molecule has 2 aliphatic rings. The first-order valence-electron chi connectivity index (χ1n) is 12.4. The van der Waals surface area contributed by atoms with E-state index in [1.165, 1.54) is 11.0 Å². The van der Waals surface area contributed by atoms with E-state index in [1.54, 1.807) is 20.3 Å². The van der Waals surface area contributed by atoms with Crippen LogP contribution in [0, 0.1) is 5.82 Å². The van der Waals surface area contributed by atoms with Crippen molar-refractivity contribution in [2.75, 3.05) is 26.0 Å². The summed E-state index contributed by atoms with van der Waals surface area (Å²) in [6, 6.07) is 12.6. The molecule has 5 rings (SSSR count). The van der Waals surface area contributed by atoms with Gasteiger partial charge in [0.2, 0.25) is 0 Å². The molecule has 0 bridgehead atoms. The number of nitrogens with zero attached hydrogens (tertiary/aromatic N) is 4. The number of urea groups is 1. The van der Waals surface area contributed by atoms with E-state index < -0.39 is 0 Å². The first kappa shape index (κ1) is 25.4. The maximum Gasteiger partial charge on any atom is 0.321 e. The Bertz CT molecular complexity index is 1320. The maximum absolute atomic E-state index is 14.5. The molecule has 1 spiro atoms. The van der Waals surface area contributed by atoms with Crippen molar-refractivity contribution in [2.45, 2.75) is 44.4 Å². The first-order valence-corrected chi connectivity index (χ1v) is 13.2. The second kappa shape index (κ2) is 10.3. The van der Waals surface area contributed by atoms with Gasteiger partial charge in [0.1, 0.15) is 11.5 Å². The lowest BCUT2D eigenvalue weighted by molar-refractivity contribution is -0.0231. The predicted octanol–water partition coefficient (Wildman–Crippen LogP) is 4.70. The molecule has 1 saturated carbocycles. The van der Waals surface area contributed by atoms with Gasteiger partial charge in [0.15, 0.2) is 0 Å². The van der Waals surface area contributed by atoms with Gasteiger partial charge < -0.3 is 20.1 Å². The van der Waals surface area contributed by atoms with Crippen molar-refractivity contribution in [2.24, 2.45) is 0 Å². The molecule has 3 amide bonds. The molecule has 8 nitrogen and oxygen atoms in total. The third-order valence-corrected chi connectivity index (χ3v) is 7.79. The van der Waals surface area contributed by atoms with Crippen LogP contribution in [-0.4, -0.2) is 51.9 Å². The lowest BCUT2D eigenvalue weighted by Gasteiger charge is -2.53. The van der Waals surface area contributed by atoms with Crippen LogP contribution in [0.3, 0.4) is 0 Å². The molecule has 1 aliphatic heterocycles. The highest BCUT2D eigenvalue weighted by Gasteiger charge is 2.48. The second-order valence-corrected chi connectivity index (χ2v) is 10.8. The number of fused-ring (bicyclic) bond motifs is 2. The molecular weight excluding hydrogens is 539 g/mol. The van der Waals surface area contributed by atoms with Gasteiger partial charge >= 0.3 is 6.03 Å². The first-order chi connectivity index (χ1) is 17.8. The number of benzene rings is 1. The lowest BCUT2D eigenvalue weighted by atomic mass is 9.71. The van der Waals surface area contributed by atoms with Crippen LogP contribution < -0.4 is 10.6 Å². The molecule has 0 saturated heterocycles. The number of anilines is 1. The molecule has 0 unspecified atom stereocenters. The highest BCUT2D eigenvalue weighted by molar-refractivity contribution is 9.10. The molecule has 0 atom stereocenters. The van der Waals surface area contributed by atoms with Gasteiger partial charge in [-0.15, -0.1) is 0 Å². The topological polar surface area (TPSA) is 82.5 Å². The molecule has 1 aromatic carbocycles. The van der Waals surface area contributed by atoms with Crippen LogP contribution in [-0.2, 0) is 25.2 Å². The zero-order chi connectivity index (χ0) is 26.2. The van der Waals surface area contributed by atoms with Crippen molar-refractivity contribution in [3.05, 3.63) is 81.6 Å². The van der Waals surface area contributed by atoms with E-state index in [0.29, 0.717) is 41.2 Å². The van der Waals surface area contributed by atoms with E-state index in [4.69, 9.17) is 0 Å². The van der Waals surface area contributed by atoms with Gasteiger partial charge in [0.25, 0.3) is 5.91 Å². The normalized spacial score (nSPS) is 16.1. The summed E-state index contributed by atoms with van der Waals surface area (Å²) < 4.78 is 17.3. The minimum Gasteiger partial charge on any atom is -0.347 e. The standard InChI is InChI=1S/C27H30BrFN6O2/c1-33(2)26(37)32-20-6-4-18(5-7-20)15-31-25(36)23-8-9-24-27(10-3-11-27)34(12-13-35(23)24)17-22-21(29)14-19(28)16-30-22/h4-9,14,16H,3,10-13,15,17H2,1-2H3,(H,31,36)(H,32,37). The number of amides is 3. The highest BCUT2D eigenvalue weighted by atomic mass is 79.9. The van der Waals surface area contributed by atoms with Gasteiger partial charge in [0.05, 0.1) is 11.2 Å². The summed E-state index contributed by atoms with van der Waals surface area (Å²) in [6.07, 6.45) is 4.69. The van der Waals surface area contributed by atoms with Crippen molar-refractivity contribution in [1.82, 2.24) is 24.7 Å². The molecular formula is C27H30BrFN6O2. The highest BCUT2D eigenvalue weighted by Crippen LogP contribution is 2.49. The van der Waals surface area contributed by atoms with Crippen LogP contribution in [0.25, 0.3) is 0 Å². The number of carbonyl (C=O) groups excluding carboxylic acids is 2. The number of aromatic nitrogens is 2. The molecule has 2 N–H and O–H groups in total. The predicted molar refractivity (Wildman–Crippen MR) is 143 cm³/mol. The fourth-order valence-corrected chi connectivity index (χ4v) is 5.48. The van der Waals surface area contributed by atoms with Crippen LogP contribution in [0.15, 0.2) is 53.1 Å². The van der Waals surface area contributed by atoms with E-state index in [2.05, 4.69) is 41.0 Å². The average Bonchev–Trinajstić information content (AvgIpc) is 3.28. The Morgan fingerprint density at radius 3 is 2.54 bits per heavy atom. The van der Waals surface area contributed by atoms with Crippen LogP contribution in [0.1, 0.15) is 46.7 Å². The summed E-state index contributed by atoms with van der Waals surface area (Å²) in [7, 11) is 3.37. The van der Waals surface area contributed by atoms with Gasteiger partial charge in [-0.2, -0.15) is 0 Å². The summed E-state index contributed by atoms with van der Waals surface area (Å²) in [4.78, 5) is 33.0. The number of pyridine rings is 1. The van der Waals surface area contributed by atoms with Gasteiger partial charge in [0, 0.05) is 62.3 Å². The van der Waals surface area contributed by atoms with Crippen molar-refractivity contribution < 1.29 is 14.0 Å². The van der Waals surface area contributed by atoms with Gasteiger partial charge in [-0.1, -0.05) is 12.1 Å². The minimum atomic E-state index is -0.307. The average molecular weight is 569 g/mol. The van der Waals surface area contributed by atoms with Gasteiger partial charge in [-0.05, 0) is 71.1 Å². The number of halogens is 2. The van der Waals surface area contributed by atoms with Crippen LogP contribution in [0.5, 0.6) is 0 Å². The molecule has 1 fully saturated rings. The summed E-state index contributed by atoms with van der Waals surface area (Å²) in [5.41, 5.74) is 3.65. The summed E-state index contributed by atoms with van der Waals surface area (Å²) in [5.74, 6) is -0.433. The van der Waals surface area contributed by atoms with E-state index in [0.717, 1.165) is 37.1 Å². The van der Waals surface area contributed by atoms with Gasteiger partial charge in [-0.3, -0.25) is 14.7 Å². The fourth-order valence-electron chi connectivity index (χ4n) is 5.18. The van der Waals surface area contributed by atoms with Crippen LogP contribution in [0.4, 0.5) is 14.9 Å². The zero-order valence-electron chi connectivity index (χ0n) is 20.9. The Hall–Kier alpha value is -3.24. The molecule has 3 aromatic rings. The van der Waals surface area contributed by atoms with Crippen LogP contribution >= 0.6 is 15.9 Å². The summed E-state index contributed by atoms with van der Waals surface area (Å²) in [5, 5.41) is 5.82. The minimum absolute atomic E-state index is 0.125. The quantitative estimate of drug-likeness (QED) is 0.451. The van der Waals surface area contributed by atoms with Crippen molar-refractivity contribution in [3.63, 3.8) is 0 Å². The Balaban J connectivity index is 1.26. The van der Waals surface area contributed by atoms with E-state index in [1.807, 2.05) is 36.4 Å². The molecule has 10 heteroatoms. The number of hydrogen-bond donors (Lipinski definition) is 2. The monoisotopic (exact) mass is 568 g/mol. The molecule has 194 valence electrons. The van der Waals surface area contributed by atoms with Crippen molar-refractivity contribution in [3.8, 4) is 0 Å². The van der Waals surface area contributed by atoms with Crippen molar-refractivity contribution >= 4 is 33.6 Å². The number of rotatable bonds is 6. The van der Waals surface area contributed by atoms with E-state index >= 15 is 0 Å². The molecule has 3 heterocycles. The lowest BCUT2D eigenvalue weighted by Crippen LogP contribution is -2.56. The Morgan fingerprint density at radius 2 is 1.89 bits per heavy atom. The van der Waals surface area contributed by atoms with E-state index in [9.17, 15) is 14.0 Å². The third kappa shape index (κ3) is 5.00. The van der Waals surface area contributed by atoms with E-state index in [-0.39, 0.29) is 23.3 Å². The van der Waals surface area contributed by atoms with Crippen LogP contribution in [0.2, 0.25) is 0 Å². The third-order valence-electron chi connectivity index (χ3n) is 7.36. The Kier molecular flexibility index (Phi) is 7.04. The van der Waals surface area contributed by atoms with Gasteiger partial charge in [-0.25, -0.2) is 9.18 Å². The smallest absolute Gasteiger partial charge is 0.321 e. The second-order valence-electron chi connectivity index (χ2n) is 9.85. The zero-order valence-corrected chi connectivity index (χ0v) is 22.5. The number of nitrogens with one attached hydrogen (secondary N) is 2. The maximum atomic E-state index is 14.5. The largest absolute Gasteiger partial charge is 0.347 e. The Morgan fingerprint density at radius 1 is 1.14 bits per heavy atom. The number of hydrogen-bond acceptors (Lipinski definition) is 4.